The summed E-state index contributed by atoms with van der Waals surface area (Å²) in [5.41, 5.74) is 2.84. The van der Waals surface area contributed by atoms with Crippen LogP contribution >= 0.6 is 27.5 Å². The number of ether oxygens (including phenoxy) is 1. The van der Waals surface area contributed by atoms with Gasteiger partial charge >= 0.3 is 0 Å². The smallest absolute Gasteiger partial charge is 0.139 e. The van der Waals surface area contributed by atoms with Crippen LogP contribution in [0.25, 0.3) is 11.1 Å². The highest BCUT2D eigenvalue weighted by atomic mass is 79.9. The van der Waals surface area contributed by atoms with Crippen LogP contribution in [0.15, 0.2) is 40.9 Å². The Morgan fingerprint density at radius 3 is 2.43 bits per heavy atom. The molecule has 1 fully saturated rings. The summed E-state index contributed by atoms with van der Waals surface area (Å²) in [5, 5.41) is 0.392. The van der Waals surface area contributed by atoms with Crippen molar-refractivity contribution in [2.45, 2.75) is 0 Å². The lowest BCUT2D eigenvalue weighted by Crippen LogP contribution is -2.36. The number of morpholine rings is 1. The fraction of sp³-hybridized carbons (Fsp3) is 0.250. The zero-order valence-corrected chi connectivity index (χ0v) is 13.6. The molecule has 5 heteroatoms. The minimum atomic E-state index is -0.352. The van der Waals surface area contributed by atoms with Gasteiger partial charge in [-0.25, -0.2) is 4.39 Å². The SMILES string of the molecule is Fc1cc(Cl)cc(-c2ccc(N3CCOCC3)cc2)c1Br. The van der Waals surface area contributed by atoms with E-state index in [2.05, 4.69) is 20.8 Å². The molecule has 3 rings (SSSR count). The van der Waals surface area contributed by atoms with E-state index >= 15 is 0 Å². The number of rotatable bonds is 2. The molecule has 0 aromatic heterocycles. The highest BCUT2D eigenvalue weighted by molar-refractivity contribution is 9.10. The van der Waals surface area contributed by atoms with Crippen LogP contribution in [0.3, 0.4) is 0 Å². The second kappa shape index (κ2) is 6.34. The Morgan fingerprint density at radius 2 is 1.76 bits per heavy atom. The van der Waals surface area contributed by atoms with Crippen molar-refractivity contribution in [3.8, 4) is 11.1 Å². The standard InChI is InChI=1S/C16H14BrClFNO/c17-16-14(9-12(18)10-15(16)19)11-1-3-13(4-2-11)20-5-7-21-8-6-20/h1-4,9-10H,5-8H2. The lowest BCUT2D eigenvalue weighted by Gasteiger charge is -2.29. The molecule has 0 radical (unpaired) electrons. The maximum absolute atomic E-state index is 13.7. The second-order valence-electron chi connectivity index (χ2n) is 4.90. The molecule has 1 aliphatic rings. The lowest BCUT2D eigenvalue weighted by molar-refractivity contribution is 0.122. The van der Waals surface area contributed by atoms with Crippen LogP contribution in [0.1, 0.15) is 0 Å². The van der Waals surface area contributed by atoms with Gasteiger partial charge in [-0.15, -0.1) is 0 Å². The van der Waals surface area contributed by atoms with Gasteiger partial charge in [-0.1, -0.05) is 23.7 Å². The van der Waals surface area contributed by atoms with Crippen LogP contribution < -0.4 is 4.90 Å². The molecule has 0 aliphatic carbocycles. The number of anilines is 1. The van der Waals surface area contributed by atoms with E-state index in [0.717, 1.165) is 43.1 Å². The van der Waals surface area contributed by atoms with Crippen LogP contribution in [0, 0.1) is 5.82 Å². The van der Waals surface area contributed by atoms with Crippen LogP contribution in [-0.4, -0.2) is 26.3 Å². The van der Waals surface area contributed by atoms with E-state index in [0.29, 0.717) is 9.50 Å². The van der Waals surface area contributed by atoms with Crippen molar-refractivity contribution >= 4 is 33.2 Å². The number of nitrogens with zero attached hydrogens (tertiary/aromatic N) is 1. The fourth-order valence-corrected chi connectivity index (χ4v) is 3.10. The topological polar surface area (TPSA) is 12.5 Å². The number of hydrogen-bond acceptors (Lipinski definition) is 2. The molecule has 110 valence electrons. The molecule has 0 unspecified atom stereocenters. The Hall–Kier alpha value is -1.10. The van der Waals surface area contributed by atoms with E-state index in [-0.39, 0.29) is 5.82 Å². The van der Waals surface area contributed by atoms with Crippen molar-refractivity contribution in [3.63, 3.8) is 0 Å². The fourth-order valence-electron chi connectivity index (χ4n) is 2.44. The lowest BCUT2D eigenvalue weighted by atomic mass is 10.0. The highest BCUT2D eigenvalue weighted by Gasteiger charge is 2.13. The molecule has 1 heterocycles. The maximum Gasteiger partial charge on any atom is 0.139 e. The summed E-state index contributed by atoms with van der Waals surface area (Å²) in [5.74, 6) is -0.352. The van der Waals surface area contributed by atoms with Crippen molar-refractivity contribution in [1.82, 2.24) is 0 Å². The van der Waals surface area contributed by atoms with E-state index in [4.69, 9.17) is 16.3 Å². The molecular formula is C16H14BrClFNO. The van der Waals surface area contributed by atoms with Gasteiger partial charge in [0.2, 0.25) is 0 Å². The highest BCUT2D eigenvalue weighted by Crippen LogP contribution is 2.34. The predicted molar refractivity (Wildman–Crippen MR) is 87.6 cm³/mol. The van der Waals surface area contributed by atoms with E-state index in [1.807, 2.05) is 24.3 Å². The van der Waals surface area contributed by atoms with Crippen molar-refractivity contribution in [2.24, 2.45) is 0 Å². The quantitative estimate of drug-likeness (QED) is 0.708. The molecule has 21 heavy (non-hydrogen) atoms. The van der Waals surface area contributed by atoms with E-state index in [1.54, 1.807) is 6.07 Å². The number of halogens is 3. The third-order valence-corrected chi connectivity index (χ3v) is 4.57. The number of benzene rings is 2. The summed E-state index contributed by atoms with van der Waals surface area (Å²) in [6, 6.07) is 11.1. The summed E-state index contributed by atoms with van der Waals surface area (Å²) in [4.78, 5) is 2.28. The zero-order chi connectivity index (χ0) is 14.8. The van der Waals surface area contributed by atoms with Crippen LogP contribution in [0.2, 0.25) is 5.02 Å². The first-order chi connectivity index (χ1) is 10.1. The minimum absolute atomic E-state index is 0.352. The average Bonchev–Trinajstić information content (AvgIpc) is 2.52. The van der Waals surface area contributed by atoms with Gasteiger partial charge in [0.15, 0.2) is 0 Å². The molecule has 0 amide bonds. The predicted octanol–water partition coefficient (Wildman–Crippen LogP) is 4.75. The van der Waals surface area contributed by atoms with Crippen molar-refractivity contribution in [1.29, 1.82) is 0 Å². The molecular weight excluding hydrogens is 357 g/mol. The first kappa shape index (κ1) is 14.8. The first-order valence-corrected chi connectivity index (χ1v) is 7.90. The average molecular weight is 371 g/mol. The molecule has 2 nitrogen and oxygen atoms in total. The largest absolute Gasteiger partial charge is 0.378 e. The molecule has 1 aliphatic heterocycles. The Labute approximate surface area is 136 Å². The van der Waals surface area contributed by atoms with Gasteiger partial charge in [0, 0.05) is 29.4 Å². The third kappa shape index (κ3) is 3.23. The Balaban J connectivity index is 1.90. The van der Waals surface area contributed by atoms with Gasteiger partial charge in [0.1, 0.15) is 5.82 Å². The second-order valence-corrected chi connectivity index (χ2v) is 6.12. The Kier molecular flexibility index (Phi) is 4.48. The van der Waals surface area contributed by atoms with Crippen molar-refractivity contribution in [3.05, 3.63) is 51.7 Å². The van der Waals surface area contributed by atoms with Crippen molar-refractivity contribution < 1.29 is 9.13 Å². The third-order valence-electron chi connectivity index (χ3n) is 3.55. The molecule has 2 aromatic carbocycles. The molecule has 0 N–H and O–H groups in total. The molecule has 0 saturated carbocycles. The van der Waals surface area contributed by atoms with Gasteiger partial charge in [0.25, 0.3) is 0 Å². The molecule has 0 bridgehead atoms. The number of hydrogen-bond donors (Lipinski definition) is 0. The molecule has 2 aromatic rings. The minimum Gasteiger partial charge on any atom is -0.378 e. The summed E-state index contributed by atoms with van der Waals surface area (Å²) in [6.07, 6.45) is 0. The summed E-state index contributed by atoms with van der Waals surface area (Å²) < 4.78 is 19.5. The van der Waals surface area contributed by atoms with E-state index in [9.17, 15) is 4.39 Å². The van der Waals surface area contributed by atoms with Crippen LogP contribution in [0.5, 0.6) is 0 Å². The summed E-state index contributed by atoms with van der Waals surface area (Å²) >= 11 is 9.23. The van der Waals surface area contributed by atoms with E-state index in [1.165, 1.54) is 6.07 Å². The van der Waals surface area contributed by atoms with Gasteiger partial charge in [-0.3, -0.25) is 0 Å². The van der Waals surface area contributed by atoms with Crippen molar-refractivity contribution in [2.75, 3.05) is 31.2 Å². The van der Waals surface area contributed by atoms with Gasteiger partial charge < -0.3 is 9.64 Å². The monoisotopic (exact) mass is 369 g/mol. The zero-order valence-electron chi connectivity index (χ0n) is 11.3. The van der Waals surface area contributed by atoms with Crippen LogP contribution in [-0.2, 0) is 4.74 Å². The van der Waals surface area contributed by atoms with Gasteiger partial charge in [-0.2, -0.15) is 0 Å². The molecule has 0 spiro atoms. The molecule has 0 atom stereocenters. The van der Waals surface area contributed by atoms with Crippen LogP contribution in [0.4, 0.5) is 10.1 Å². The Bertz CT molecular complexity index is 641. The van der Waals surface area contributed by atoms with Gasteiger partial charge in [-0.05, 0) is 45.8 Å². The summed E-state index contributed by atoms with van der Waals surface area (Å²) in [7, 11) is 0. The first-order valence-electron chi connectivity index (χ1n) is 6.73. The Morgan fingerprint density at radius 1 is 1.10 bits per heavy atom. The normalized spacial score (nSPS) is 15.3. The van der Waals surface area contributed by atoms with E-state index < -0.39 is 0 Å². The maximum atomic E-state index is 13.7. The van der Waals surface area contributed by atoms with Gasteiger partial charge in [0.05, 0.1) is 17.7 Å². The summed E-state index contributed by atoms with van der Waals surface area (Å²) in [6.45, 7) is 3.31. The molecule has 1 saturated heterocycles.